The zero-order valence-corrected chi connectivity index (χ0v) is 7.05. The zero-order chi connectivity index (χ0) is 8.69. The normalized spacial score (nSPS) is 9.27. The van der Waals surface area contributed by atoms with Crippen molar-refractivity contribution in [3.8, 4) is 0 Å². The van der Waals surface area contributed by atoms with Crippen LogP contribution in [0.15, 0.2) is 12.2 Å². The van der Waals surface area contributed by atoms with E-state index in [4.69, 9.17) is 4.74 Å². The molecule has 0 atom stereocenters. The van der Waals surface area contributed by atoms with Crippen molar-refractivity contribution in [2.75, 3.05) is 20.3 Å². The summed E-state index contributed by atoms with van der Waals surface area (Å²) in [7, 11) is 1.34. The Morgan fingerprint density at radius 3 is 2.64 bits per heavy atom. The van der Waals surface area contributed by atoms with E-state index in [1.165, 1.54) is 7.11 Å². The van der Waals surface area contributed by atoms with Crippen LogP contribution < -0.4 is 0 Å². The van der Waals surface area contributed by atoms with Gasteiger partial charge in [-0.1, -0.05) is 6.58 Å². The van der Waals surface area contributed by atoms with Gasteiger partial charge < -0.3 is 9.47 Å². The SMILES string of the molecule is C=C(CCOCC)C(=O)OC. The number of rotatable bonds is 5. The third kappa shape index (κ3) is 4.56. The van der Waals surface area contributed by atoms with Crippen molar-refractivity contribution in [2.45, 2.75) is 13.3 Å². The van der Waals surface area contributed by atoms with Gasteiger partial charge in [0.15, 0.2) is 0 Å². The molecule has 0 bridgehead atoms. The molecule has 3 heteroatoms. The zero-order valence-electron chi connectivity index (χ0n) is 7.05. The van der Waals surface area contributed by atoms with Gasteiger partial charge in [-0.3, -0.25) is 0 Å². The first kappa shape index (κ1) is 10.2. The van der Waals surface area contributed by atoms with E-state index >= 15 is 0 Å². The van der Waals surface area contributed by atoms with E-state index in [9.17, 15) is 4.79 Å². The summed E-state index contributed by atoms with van der Waals surface area (Å²) in [6.07, 6.45) is 0.542. The monoisotopic (exact) mass is 158 g/mol. The molecule has 0 aromatic carbocycles. The third-order valence-electron chi connectivity index (χ3n) is 1.23. The van der Waals surface area contributed by atoms with E-state index in [0.29, 0.717) is 25.2 Å². The van der Waals surface area contributed by atoms with Crippen molar-refractivity contribution in [2.24, 2.45) is 0 Å². The van der Waals surface area contributed by atoms with Crippen LogP contribution >= 0.6 is 0 Å². The fraction of sp³-hybridized carbons (Fsp3) is 0.625. The Kier molecular flexibility index (Phi) is 5.47. The van der Waals surface area contributed by atoms with Crippen LogP contribution in [0.25, 0.3) is 0 Å². The van der Waals surface area contributed by atoms with Crippen LogP contribution in [0.3, 0.4) is 0 Å². The minimum Gasteiger partial charge on any atom is -0.466 e. The van der Waals surface area contributed by atoms with Crippen molar-refractivity contribution in [1.29, 1.82) is 0 Å². The van der Waals surface area contributed by atoms with Gasteiger partial charge in [-0.05, 0) is 6.92 Å². The van der Waals surface area contributed by atoms with Gasteiger partial charge in [0.25, 0.3) is 0 Å². The number of hydrogen-bond acceptors (Lipinski definition) is 3. The van der Waals surface area contributed by atoms with Crippen LogP contribution in [0.1, 0.15) is 13.3 Å². The van der Waals surface area contributed by atoms with E-state index in [1.54, 1.807) is 0 Å². The molecule has 0 aromatic heterocycles. The number of carbonyl (C=O) groups is 1. The molecule has 0 aliphatic heterocycles. The maximum Gasteiger partial charge on any atom is 0.333 e. The number of esters is 1. The summed E-state index contributed by atoms with van der Waals surface area (Å²) in [5.41, 5.74) is 0.459. The van der Waals surface area contributed by atoms with Crippen LogP contribution in [-0.4, -0.2) is 26.3 Å². The Bertz CT molecular complexity index is 140. The molecule has 11 heavy (non-hydrogen) atoms. The van der Waals surface area contributed by atoms with E-state index in [2.05, 4.69) is 11.3 Å². The second kappa shape index (κ2) is 5.92. The highest BCUT2D eigenvalue weighted by Crippen LogP contribution is 1.99. The van der Waals surface area contributed by atoms with Gasteiger partial charge in [0.2, 0.25) is 0 Å². The summed E-state index contributed by atoms with van der Waals surface area (Å²) in [5.74, 6) is -0.357. The number of ether oxygens (including phenoxy) is 2. The Balaban J connectivity index is 3.44. The Labute approximate surface area is 67.0 Å². The summed E-state index contributed by atoms with van der Waals surface area (Å²) < 4.78 is 9.48. The highest BCUT2D eigenvalue weighted by Gasteiger charge is 2.04. The van der Waals surface area contributed by atoms with Gasteiger partial charge >= 0.3 is 5.97 Å². The molecule has 0 saturated carbocycles. The lowest BCUT2D eigenvalue weighted by molar-refractivity contribution is -0.136. The molecule has 0 aliphatic carbocycles. The summed E-state index contributed by atoms with van der Waals surface area (Å²) in [5, 5.41) is 0. The standard InChI is InChI=1S/C8H14O3/c1-4-11-6-5-7(2)8(9)10-3/h2,4-6H2,1,3H3. The summed E-state index contributed by atoms with van der Waals surface area (Å²) >= 11 is 0. The van der Waals surface area contributed by atoms with E-state index in [-0.39, 0.29) is 5.97 Å². The van der Waals surface area contributed by atoms with Gasteiger partial charge in [-0.25, -0.2) is 4.79 Å². The first-order chi connectivity index (χ1) is 5.22. The predicted octanol–water partition coefficient (Wildman–Crippen LogP) is 1.14. The minimum absolute atomic E-state index is 0.357. The Morgan fingerprint density at radius 1 is 1.55 bits per heavy atom. The molecule has 0 unspecified atom stereocenters. The summed E-state index contributed by atoms with van der Waals surface area (Å²) in [4.78, 5) is 10.7. The Hall–Kier alpha value is -0.830. The van der Waals surface area contributed by atoms with Crippen LogP contribution in [0.4, 0.5) is 0 Å². The molecule has 0 heterocycles. The lowest BCUT2D eigenvalue weighted by Crippen LogP contribution is -2.06. The average molecular weight is 158 g/mol. The molecule has 0 aromatic rings. The second-order valence-corrected chi connectivity index (χ2v) is 2.04. The molecule has 0 rings (SSSR count). The predicted molar refractivity (Wildman–Crippen MR) is 42.3 cm³/mol. The fourth-order valence-electron chi connectivity index (χ4n) is 0.586. The lowest BCUT2D eigenvalue weighted by atomic mass is 10.2. The quantitative estimate of drug-likeness (QED) is 0.342. The molecule has 0 N–H and O–H groups in total. The summed E-state index contributed by atoms with van der Waals surface area (Å²) in [6, 6.07) is 0. The molecule has 0 fully saturated rings. The smallest absolute Gasteiger partial charge is 0.333 e. The van der Waals surface area contributed by atoms with Crippen molar-refractivity contribution in [3.63, 3.8) is 0 Å². The maximum absolute atomic E-state index is 10.7. The van der Waals surface area contributed by atoms with Gasteiger partial charge in [-0.2, -0.15) is 0 Å². The van der Waals surface area contributed by atoms with E-state index in [1.807, 2.05) is 6.92 Å². The molecular formula is C8H14O3. The van der Waals surface area contributed by atoms with Gasteiger partial charge in [0, 0.05) is 18.6 Å². The first-order valence-corrected chi connectivity index (χ1v) is 3.56. The molecule has 0 amide bonds. The Morgan fingerprint density at radius 2 is 2.18 bits per heavy atom. The largest absolute Gasteiger partial charge is 0.466 e. The molecular weight excluding hydrogens is 144 g/mol. The van der Waals surface area contributed by atoms with E-state index < -0.39 is 0 Å². The number of hydrogen-bond donors (Lipinski definition) is 0. The van der Waals surface area contributed by atoms with Crippen molar-refractivity contribution >= 4 is 5.97 Å². The van der Waals surface area contributed by atoms with Crippen LogP contribution in [0.2, 0.25) is 0 Å². The van der Waals surface area contributed by atoms with Gasteiger partial charge in [-0.15, -0.1) is 0 Å². The molecule has 0 spiro atoms. The second-order valence-electron chi connectivity index (χ2n) is 2.04. The topological polar surface area (TPSA) is 35.5 Å². The molecule has 0 saturated heterocycles. The third-order valence-corrected chi connectivity index (χ3v) is 1.23. The van der Waals surface area contributed by atoms with Crippen molar-refractivity contribution < 1.29 is 14.3 Å². The molecule has 0 aliphatic rings. The van der Waals surface area contributed by atoms with Crippen LogP contribution in [-0.2, 0) is 14.3 Å². The van der Waals surface area contributed by atoms with Crippen LogP contribution in [0.5, 0.6) is 0 Å². The van der Waals surface area contributed by atoms with Crippen LogP contribution in [0, 0.1) is 0 Å². The minimum atomic E-state index is -0.357. The number of carbonyl (C=O) groups excluding carboxylic acids is 1. The van der Waals surface area contributed by atoms with Crippen molar-refractivity contribution in [1.82, 2.24) is 0 Å². The lowest BCUT2D eigenvalue weighted by Gasteiger charge is -2.02. The number of methoxy groups -OCH3 is 1. The van der Waals surface area contributed by atoms with E-state index in [0.717, 1.165) is 0 Å². The fourth-order valence-corrected chi connectivity index (χ4v) is 0.586. The van der Waals surface area contributed by atoms with Gasteiger partial charge in [0.05, 0.1) is 13.7 Å². The molecule has 3 nitrogen and oxygen atoms in total. The van der Waals surface area contributed by atoms with Crippen molar-refractivity contribution in [3.05, 3.63) is 12.2 Å². The first-order valence-electron chi connectivity index (χ1n) is 3.56. The molecule has 0 radical (unpaired) electrons. The molecule has 64 valence electrons. The maximum atomic E-state index is 10.7. The average Bonchev–Trinajstić information content (AvgIpc) is 2.03. The highest BCUT2D eigenvalue weighted by atomic mass is 16.5. The van der Waals surface area contributed by atoms with Gasteiger partial charge in [0.1, 0.15) is 0 Å². The summed E-state index contributed by atoms with van der Waals surface area (Å²) in [6.45, 7) is 6.64. The highest BCUT2D eigenvalue weighted by molar-refractivity contribution is 5.87.